The van der Waals surface area contributed by atoms with Gasteiger partial charge in [-0.2, -0.15) is 0 Å². The molecule has 9 nitrogen and oxygen atoms in total. The molecule has 1 aromatic heterocycles. The fourth-order valence-corrected chi connectivity index (χ4v) is 2.36. The van der Waals surface area contributed by atoms with Crippen LogP contribution in [-0.2, 0) is 15.1 Å². The number of nitrogens with zero attached hydrogens (tertiary/aromatic N) is 1. The molecule has 6 amide bonds. The van der Waals surface area contributed by atoms with Crippen molar-refractivity contribution in [1.29, 1.82) is 0 Å². The number of furan rings is 1. The zero-order valence-corrected chi connectivity index (χ0v) is 14.6. The van der Waals surface area contributed by atoms with Crippen LogP contribution < -0.4 is 16.0 Å². The predicted molar refractivity (Wildman–Crippen MR) is 87.4 cm³/mol. The maximum Gasteiger partial charge on any atom is 0.325 e. The first kappa shape index (κ1) is 18.5. The van der Waals surface area contributed by atoms with E-state index in [0.717, 1.165) is 4.90 Å². The number of urea groups is 2. The quantitative estimate of drug-likeness (QED) is 0.680. The lowest BCUT2D eigenvalue weighted by Gasteiger charge is -2.19. The van der Waals surface area contributed by atoms with Crippen LogP contribution in [0.1, 0.15) is 32.3 Å². The van der Waals surface area contributed by atoms with E-state index < -0.39 is 36.0 Å². The number of amides is 6. The molecule has 25 heavy (non-hydrogen) atoms. The molecule has 0 radical (unpaired) electrons. The van der Waals surface area contributed by atoms with Crippen LogP contribution in [0.5, 0.6) is 0 Å². The van der Waals surface area contributed by atoms with Crippen LogP contribution in [0.4, 0.5) is 9.59 Å². The first-order chi connectivity index (χ1) is 11.6. The molecule has 136 valence electrons. The molecule has 1 fully saturated rings. The third-order valence-electron chi connectivity index (χ3n) is 3.73. The summed E-state index contributed by atoms with van der Waals surface area (Å²) in [7, 11) is 0. The Morgan fingerprint density at radius 2 is 2.00 bits per heavy atom. The van der Waals surface area contributed by atoms with Crippen molar-refractivity contribution in [3.8, 4) is 0 Å². The molecule has 9 heteroatoms. The average Bonchev–Trinajstić information content (AvgIpc) is 3.04. The van der Waals surface area contributed by atoms with E-state index in [1.54, 1.807) is 19.1 Å². The van der Waals surface area contributed by atoms with Gasteiger partial charge in [0, 0.05) is 6.54 Å². The number of rotatable bonds is 5. The first-order valence-electron chi connectivity index (χ1n) is 7.92. The van der Waals surface area contributed by atoms with Crippen LogP contribution in [-0.4, -0.2) is 41.9 Å². The molecular weight excluding hydrogens is 328 g/mol. The van der Waals surface area contributed by atoms with Gasteiger partial charge in [0.2, 0.25) is 5.91 Å². The van der Waals surface area contributed by atoms with E-state index in [9.17, 15) is 19.2 Å². The molecule has 0 bridgehead atoms. The third-order valence-corrected chi connectivity index (χ3v) is 3.73. The van der Waals surface area contributed by atoms with Crippen LogP contribution in [0.3, 0.4) is 0 Å². The van der Waals surface area contributed by atoms with Crippen molar-refractivity contribution < 1.29 is 23.6 Å². The summed E-state index contributed by atoms with van der Waals surface area (Å²) >= 11 is 0. The van der Waals surface area contributed by atoms with Crippen molar-refractivity contribution in [1.82, 2.24) is 20.9 Å². The summed E-state index contributed by atoms with van der Waals surface area (Å²) in [5, 5.41) is 7.13. The Morgan fingerprint density at radius 3 is 2.56 bits per heavy atom. The van der Waals surface area contributed by atoms with E-state index >= 15 is 0 Å². The monoisotopic (exact) mass is 350 g/mol. The van der Waals surface area contributed by atoms with Crippen molar-refractivity contribution in [3.05, 3.63) is 23.7 Å². The van der Waals surface area contributed by atoms with Gasteiger partial charge in [-0.3, -0.25) is 19.8 Å². The second-order valence-corrected chi connectivity index (χ2v) is 6.51. The minimum absolute atomic E-state index is 0.226. The Hall–Kier alpha value is -2.84. The molecular formula is C16H22N4O5. The van der Waals surface area contributed by atoms with E-state index in [0.29, 0.717) is 12.3 Å². The smallest absolute Gasteiger partial charge is 0.325 e. The van der Waals surface area contributed by atoms with Crippen LogP contribution in [0, 0.1) is 12.8 Å². The van der Waals surface area contributed by atoms with E-state index in [2.05, 4.69) is 16.0 Å². The molecule has 3 N–H and O–H groups in total. The minimum atomic E-state index is -1.38. The second kappa shape index (κ2) is 6.96. The summed E-state index contributed by atoms with van der Waals surface area (Å²) in [5.74, 6) is -0.282. The average molecular weight is 350 g/mol. The Balaban J connectivity index is 2.01. The summed E-state index contributed by atoms with van der Waals surface area (Å²) < 4.78 is 5.43. The predicted octanol–water partition coefficient (Wildman–Crippen LogP) is 0.837. The molecule has 2 rings (SSSR count). The molecule has 0 saturated carbocycles. The SMILES string of the molecule is Cc1ccc(C2(C)NC(=O)N(CC(=O)NC(=O)NCC(C)C)C2=O)o1. The first-order valence-corrected chi connectivity index (χ1v) is 7.92. The van der Waals surface area contributed by atoms with Gasteiger partial charge < -0.3 is 15.1 Å². The van der Waals surface area contributed by atoms with Gasteiger partial charge in [-0.1, -0.05) is 13.8 Å². The van der Waals surface area contributed by atoms with Crippen molar-refractivity contribution in [3.63, 3.8) is 0 Å². The highest BCUT2D eigenvalue weighted by atomic mass is 16.3. The van der Waals surface area contributed by atoms with Gasteiger partial charge in [0.05, 0.1) is 0 Å². The summed E-state index contributed by atoms with van der Waals surface area (Å²) in [6.45, 7) is 6.88. The number of carbonyl (C=O) groups excluding carboxylic acids is 4. The molecule has 1 unspecified atom stereocenters. The molecule has 0 aliphatic carbocycles. The number of carbonyl (C=O) groups is 4. The van der Waals surface area contributed by atoms with E-state index in [1.807, 2.05) is 13.8 Å². The van der Waals surface area contributed by atoms with Gasteiger partial charge >= 0.3 is 12.1 Å². The summed E-state index contributed by atoms with van der Waals surface area (Å²) in [6, 6.07) is 1.87. The fourth-order valence-electron chi connectivity index (χ4n) is 2.36. The van der Waals surface area contributed by atoms with Crippen LogP contribution in [0.25, 0.3) is 0 Å². The molecule has 1 saturated heterocycles. The largest absolute Gasteiger partial charge is 0.463 e. The van der Waals surface area contributed by atoms with Gasteiger partial charge in [-0.05, 0) is 31.9 Å². The van der Waals surface area contributed by atoms with Crippen LogP contribution in [0.2, 0.25) is 0 Å². The van der Waals surface area contributed by atoms with Gasteiger partial charge in [0.15, 0.2) is 5.54 Å². The van der Waals surface area contributed by atoms with Crippen molar-refractivity contribution in [2.45, 2.75) is 33.2 Å². The minimum Gasteiger partial charge on any atom is -0.463 e. The van der Waals surface area contributed by atoms with Crippen molar-refractivity contribution in [2.75, 3.05) is 13.1 Å². The van der Waals surface area contributed by atoms with Gasteiger partial charge in [0.25, 0.3) is 5.91 Å². The van der Waals surface area contributed by atoms with Gasteiger partial charge in [0.1, 0.15) is 18.1 Å². The summed E-state index contributed by atoms with van der Waals surface area (Å²) in [6.07, 6.45) is 0. The Morgan fingerprint density at radius 1 is 1.32 bits per heavy atom. The maximum absolute atomic E-state index is 12.6. The van der Waals surface area contributed by atoms with E-state index in [1.165, 1.54) is 6.92 Å². The Labute approximate surface area is 145 Å². The fraction of sp³-hybridized carbons (Fsp3) is 0.500. The van der Waals surface area contributed by atoms with Crippen LogP contribution in [0.15, 0.2) is 16.5 Å². The second-order valence-electron chi connectivity index (χ2n) is 6.51. The standard InChI is InChI=1S/C16H22N4O5/c1-9(2)7-17-14(23)18-12(21)8-20-13(22)16(4,19-15(20)24)11-6-5-10(3)25-11/h5-6,9H,7-8H2,1-4H3,(H,19,24)(H2,17,18,21,23). The molecule has 1 aromatic rings. The lowest BCUT2D eigenvalue weighted by atomic mass is 9.99. The Kier molecular flexibility index (Phi) is 5.15. The van der Waals surface area contributed by atoms with Crippen LogP contribution >= 0.6 is 0 Å². The highest BCUT2D eigenvalue weighted by Gasteiger charge is 2.51. The van der Waals surface area contributed by atoms with Gasteiger partial charge in [-0.25, -0.2) is 9.59 Å². The highest BCUT2D eigenvalue weighted by molar-refractivity contribution is 6.09. The number of hydrogen-bond acceptors (Lipinski definition) is 5. The summed E-state index contributed by atoms with van der Waals surface area (Å²) in [4.78, 5) is 48.9. The van der Waals surface area contributed by atoms with Crippen molar-refractivity contribution in [2.24, 2.45) is 5.92 Å². The van der Waals surface area contributed by atoms with Gasteiger partial charge in [-0.15, -0.1) is 0 Å². The zero-order chi connectivity index (χ0) is 18.8. The molecule has 1 atom stereocenters. The zero-order valence-electron chi connectivity index (χ0n) is 14.6. The molecule has 2 heterocycles. The number of aryl methyl sites for hydroxylation is 1. The normalized spacial score (nSPS) is 20.0. The third kappa shape index (κ3) is 3.98. The number of nitrogens with one attached hydrogen (secondary N) is 3. The number of imide groups is 2. The molecule has 1 aliphatic heterocycles. The highest BCUT2D eigenvalue weighted by Crippen LogP contribution is 2.29. The molecule has 1 aliphatic rings. The van der Waals surface area contributed by atoms with E-state index in [4.69, 9.17) is 4.42 Å². The molecule has 0 aromatic carbocycles. The maximum atomic E-state index is 12.6. The lowest BCUT2D eigenvalue weighted by molar-refractivity contribution is -0.135. The molecule has 0 spiro atoms. The summed E-state index contributed by atoms with van der Waals surface area (Å²) in [5.41, 5.74) is -1.38. The van der Waals surface area contributed by atoms with Crippen molar-refractivity contribution >= 4 is 23.9 Å². The Bertz CT molecular complexity index is 711. The topological polar surface area (TPSA) is 121 Å². The lowest BCUT2D eigenvalue weighted by Crippen LogP contribution is -2.47. The number of hydrogen-bond donors (Lipinski definition) is 3. The van der Waals surface area contributed by atoms with E-state index in [-0.39, 0.29) is 11.7 Å².